The van der Waals surface area contributed by atoms with Crippen LogP contribution in [0, 0.1) is 0 Å². The largest absolute Gasteiger partial charge is 0.308 e. The first-order valence-corrected chi connectivity index (χ1v) is 7.92. The molecule has 2 rings (SSSR count). The monoisotopic (exact) mass is 282 g/mol. The van der Waals surface area contributed by atoms with Gasteiger partial charge in [0, 0.05) is 55.4 Å². The van der Waals surface area contributed by atoms with Gasteiger partial charge in [-0.05, 0) is 27.8 Å². The molecule has 0 spiro atoms. The molecule has 0 radical (unpaired) electrons. The van der Waals surface area contributed by atoms with Gasteiger partial charge < -0.3 is 10.2 Å². The molecule has 1 N–H and O–H groups in total. The summed E-state index contributed by atoms with van der Waals surface area (Å²) >= 11 is 1.72. The third kappa shape index (κ3) is 3.99. The summed E-state index contributed by atoms with van der Waals surface area (Å²) in [6.45, 7) is 12.6. The highest BCUT2D eigenvalue weighted by atomic mass is 32.1. The maximum atomic E-state index is 4.15. The molecule has 1 aromatic heterocycles. The topological polar surface area (TPSA) is 31.4 Å². The fourth-order valence-electron chi connectivity index (χ4n) is 2.47. The molecule has 1 fully saturated rings. The summed E-state index contributed by atoms with van der Waals surface area (Å²) < 4.78 is 0. The van der Waals surface area contributed by atoms with E-state index in [1.54, 1.807) is 11.3 Å². The molecule has 1 saturated heterocycles. The van der Waals surface area contributed by atoms with E-state index in [9.17, 15) is 0 Å². The zero-order valence-corrected chi connectivity index (χ0v) is 13.3. The van der Waals surface area contributed by atoms with Gasteiger partial charge in [0.2, 0.25) is 0 Å². The van der Waals surface area contributed by atoms with E-state index in [0.29, 0.717) is 6.04 Å². The lowest BCUT2D eigenvalue weighted by Gasteiger charge is -2.43. The number of aromatic nitrogens is 1. The second-order valence-corrected chi connectivity index (χ2v) is 7.03. The van der Waals surface area contributed by atoms with Crippen molar-refractivity contribution < 1.29 is 0 Å². The fourth-order valence-corrected chi connectivity index (χ4v) is 3.12. The van der Waals surface area contributed by atoms with Crippen LogP contribution in [0.15, 0.2) is 11.7 Å². The van der Waals surface area contributed by atoms with Crippen molar-refractivity contribution in [1.82, 2.24) is 20.1 Å². The van der Waals surface area contributed by atoms with E-state index in [0.717, 1.165) is 6.54 Å². The quantitative estimate of drug-likeness (QED) is 0.893. The van der Waals surface area contributed by atoms with Crippen LogP contribution in [0.3, 0.4) is 0 Å². The molecule has 108 valence electrons. The molecule has 0 aromatic carbocycles. The molecular weight excluding hydrogens is 256 g/mol. The zero-order valence-electron chi connectivity index (χ0n) is 12.5. The number of rotatable bonds is 5. The van der Waals surface area contributed by atoms with Gasteiger partial charge >= 0.3 is 0 Å². The van der Waals surface area contributed by atoms with Crippen LogP contribution in [-0.4, -0.2) is 60.1 Å². The molecule has 0 amide bonds. The van der Waals surface area contributed by atoms with Crippen molar-refractivity contribution in [2.45, 2.75) is 32.4 Å². The number of piperazine rings is 1. The van der Waals surface area contributed by atoms with Gasteiger partial charge in [-0.2, -0.15) is 0 Å². The highest BCUT2D eigenvalue weighted by molar-refractivity contribution is 7.09. The minimum atomic E-state index is 0.209. The maximum Gasteiger partial charge on any atom is 0.0794 e. The van der Waals surface area contributed by atoms with Crippen LogP contribution in [0.25, 0.3) is 0 Å². The van der Waals surface area contributed by atoms with Gasteiger partial charge in [-0.15, -0.1) is 11.3 Å². The van der Waals surface area contributed by atoms with E-state index >= 15 is 0 Å². The molecular formula is C14H26N4S. The average Bonchev–Trinajstić information content (AvgIpc) is 2.90. The lowest BCUT2D eigenvalue weighted by Crippen LogP contribution is -2.57. The van der Waals surface area contributed by atoms with E-state index in [1.165, 1.54) is 31.1 Å². The third-order valence-corrected chi connectivity index (χ3v) is 5.04. The molecule has 1 aromatic rings. The molecule has 0 bridgehead atoms. The van der Waals surface area contributed by atoms with Crippen LogP contribution >= 0.6 is 11.3 Å². The van der Waals surface area contributed by atoms with Gasteiger partial charge in [0.15, 0.2) is 0 Å². The van der Waals surface area contributed by atoms with E-state index in [2.05, 4.69) is 47.9 Å². The van der Waals surface area contributed by atoms with Gasteiger partial charge in [0.05, 0.1) is 5.51 Å². The van der Waals surface area contributed by atoms with Gasteiger partial charge in [-0.3, -0.25) is 9.88 Å². The number of nitrogens with one attached hydrogen (secondary N) is 1. The Kier molecular flexibility index (Phi) is 4.95. The second kappa shape index (κ2) is 6.31. The number of nitrogens with zero attached hydrogens (tertiary/aromatic N) is 3. The number of likely N-dealkylation sites (N-methyl/N-ethyl adjacent to an activating group) is 1. The van der Waals surface area contributed by atoms with Crippen LogP contribution in [0.4, 0.5) is 0 Å². The summed E-state index contributed by atoms with van der Waals surface area (Å²) in [6, 6.07) is 0.388. The maximum absolute atomic E-state index is 4.15. The van der Waals surface area contributed by atoms with Gasteiger partial charge in [-0.25, -0.2) is 0 Å². The smallest absolute Gasteiger partial charge is 0.0794 e. The number of hydrogen-bond donors (Lipinski definition) is 1. The first-order chi connectivity index (χ1) is 8.99. The summed E-state index contributed by atoms with van der Waals surface area (Å²) in [4.78, 5) is 10.5. The number of hydrogen-bond acceptors (Lipinski definition) is 5. The lowest BCUT2D eigenvalue weighted by molar-refractivity contribution is 0.0605. The Morgan fingerprint density at radius 3 is 2.63 bits per heavy atom. The van der Waals surface area contributed by atoms with Crippen molar-refractivity contribution in [3.8, 4) is 0 Å². The standard InChI is InChI=1S/C14H26N4S/c1-12(13-9-15-11-19-13)16-10-14(2,3)18-7-5-17(4)6-8-18/h9,11-12,16H,5-8,10H2,1-4H3. The minimum absolute atomic E-state index is 0.209. The molecule has 1 atom stereocenters. The molecule has 2 heterocycles. The van der Waals surface area contributed by atoms with Gasteiger partial charge in [-0.1, -0.05) is 0 Å². The first kappa shape index (κ1) is 14.9. The Morgan fingerprint density at radius 2 is 2.05 bits per heavy atom. The van der Waals surface area contributed by atoms with Crippen molar-refractivity contribution in [2.24, 2.45) is 0 Å². The van der Waals surface area contributed by atoms with E-state index in [4.69, 9.17) is 0 Å². The van der Waals surface area contributed by atoms with Crippen LogP contribution in [-0.2, 0) is 0 Å². The van der Waals surface area contributed by atoms with Gasteiger partial charge in [0.25, 0.3) is 0 Å². The van der Waals surface area contributed by atoms with E-state index in [1.807, 2.05) is 11.7 Å². The molecule has 4 nitrogen and oxygen atoms in total. The highest BCUT2D eigenvalue weighted by Crippen LogP contribution is 2.20. The summed E-state index contributed by atoms with van der Waals surface area (Å²) in [5.41, 5.74) is 2.11. The minimum Gasteiger partial charge on any atom is -0.308 e. The van der Waals surface area contributed by atoms with Crippen LogP contribution < -0.4 is 5.32 Å². The van der Waals surface area contributed by atoms with Crippen LogP contribution in [0.2, 0.25) is 0 Å². The molecule has 1 aliphatic heterocycles. The predicted molar refractivity (Wildman–Crippen MR) is 81.7 cm³/mol. The van der Waals surface area contributed by atoms with E-state index in [-0.39, 0.29) is 5.54 Å². The Hall–Kier alpha value is -0.490. The Morgan fingerprint density at radius 1 is 1.37 bits per heavy atom. The normalized spacial score (nSPS) is 20.6. The van der Waals surface area contributed by atoms with Gasteiger partial charge in [0.1, 0.15) is 0 Å². The van der Waals surface area contributed by atoms with E-state index < -0.39 is 0 Å². The van der Waals surface area contributed by atoms with Crippen molar-refractivity contribution >= 4 is 11.3 Å². The summed E-state index contributed by atoms with van der Waals surface area (Å²) in [5, 5.41) is 3.65. The molecule has 0 saturated carbocycles. The number of thiazole rings is 1. The van der Waals surface area contributed by atoms with Crippen LogP contribution in [0.1, 0.15) is 31.7 Å². The van der Waals surface area contributed by atoms with Crippen molar-refractivity contribution in [2.75, 3.05) is 39.8 Å². The molecule has 0 aliphatic carbocycles. The van der Waals surface area contributed by atoms with Crippen molar-refractivity contribution in [1.29, 1.82) is 0 Å². The molecule has 19 heavy (non-hydrogen) atoms. The second-order valence-electron chi connectivity index (χ2n) is 6.11. The zero-order chi connectivity index (χ0) is 13.9. The Balaban J connectivity index is 1.83. The fraction of sp³-hybridized carbons (Fsp3) is 0.786. The average molecular weight is 282 g/mol. The third-order valence-electron chi connectivity index (χ3n) is 4.08. The van der Waals surface area contributed by atoms with Crippen LogP contribution in [0.5, 0.6) is 0 Å². The molecule has 1 unspecified atom stereocenters. The highest BCUT2D eigenvalue weighted by Gasteiger charge is 2.29. The van der Waals surface area contributed by atoms with Crippen molar-refractivity contribution in [3.05, 3.63) is 16.6 Å². The summed E-state index contributed by atoms with van der Waals surface area (Å²) in [6.07, 6.45) is 1.96. The Labute approximate surface area is 120 Å². The van der Waals surface area contributed by atoms with Crippen molar-refractivity contribution in [3.63, 3.8) is 0 Å². The lowest BCUT2D eigenvalue weighted by atomic mass is 10.0. The SMILES string of the molecule is CC(NCC(C)(C)N1CCN(C)CC1)c1cncs1. The summed E-state index contributed by atoms with van der Waals surface area (Å²) in [5.74, 6) is 0. The predicted octanol–water partition coefficient (Wildman–Crippen LogP) is 1.82. The Bertz CT molecular complexity index is 369. The summed E-state index contributed by atoms with van der Waals surface area (Å²) in [7, 11) is 2.20. The molecule has 5 heteroatoms. The first-order valence-electron chi connectivity index (χ1n) is 7.04. The molecule has 1 aliphatic rings.